The van der Waals surface area contributed by atoms with E-state index < -0.39 is 21.2 Å². The van der Waals surface area contributed by atoms with Crippen molar-refractivity contribution in [3.8, 4) is 0 Å². The van der Waals surface area contributed by atoms with Gasteiger partial charge in [0.25, 0.3) is 0 Å². The first-order chi connectivity index (χ1) is 6.57. The molecule has 0 amide bonds. The number of nitrogens with zero attached hydrogens (tertiary/aromatic N) is 3. The van der Waals surface area contributed by atoms with Crippen LogP contribution in [0, 0.1) is 20.2 Å². The number of hydrogen-bond donors (Lipinski definition) is 1. The van der Waals surface area contributed by atoms with Gasteiger partial charge in [-0.3, -0.25) is 25.2 Å². The molecule has 8 nitrogen and oxygen atoms in total. The van der Waals surface area contributed by atoms with Crippen LogP contribution in [-0.4, -0.2) is 21.9 Å². The fourth-order valence-electron chi connectivity index (χ4n) is 0.972. The molecule has 0 saturated carbocycles. The van der Waals surface area contributed by atoms with Crippen molar-refractivity contribution in [1.82, 2.24) is 4.98 Å². The van der Waals surface area contributed by atoms with Crippen LogP contribution in [0.25, 0.3) is 0 Å². The maximum Gasteiger partial charge on any atom is 0.317 e. The Bertz CT molecular complexity index is 359. The lowest BCUT2D eigenvalue weighted by Crippen LogP contribution is -2.01. The van der Waals surface area contributed by atoms with E-state index in [2.05, 4.69) is 10.3 Å². The number of anilines is 1. The van der Waals surface area contributed by atoms with Crippen molar-refractivity contribution in [1.29, 1.82) is 0 Å². The van der Waals surface area contributed by atoms with Gasteiger partial charge >= 0.3 is 11.4 Å². The molecule has 0 spiro atoms. The minimum atomic E-state index is -0.730. The Balaban J connectivity index is 3.39. The zero-order valence-electron chi connectivity index (χ0n) is 7.13. The molecule has 0 saturated heterocycles. The minimum Gasteiger partial charge on any atom is -0.377 e. The highest BCUT2D eigenvalue weighted by atomic mass is 16.6. The summed E-state index contributed by atoms with van der Waals surface area (Å²) in [6.45, 7) is 0. The van der Waals surface area contributed by atoms with Crippen molar-refractivity contribution in [2.24, 2.45) is 0 Å². The molecule has 0 unspecified atom stereocenters. The molecule has 0 fully saturated rings. The van der Waals surface area contributed by atoms with Crippen LogP contribution in [0.5, 0.6) is 0 Å². The lowest BCUT2D eigenvalue weighted by molar-refractivity contribution is -0.392. The normalized spacial score (nSPS) is 9.50. The highest BCUT2D eigenvalue weighted by molar-refractivity contribution is 5.71. The van der Waals surface area contributed by atoms with Crippen LogP contribution >= 0.6 is 0 Å². The Labute approximate surface area is 77.9 Å². The van der Waals surface area contributed by atoms with E-state index in [1.54, 1.807) is 0 Å². The van der Waals surface area contributed by atoms with Gasteiger partial charge < -0.3 is 5.32 Å². The molecule has 0 aliphatic heterocycles. The van der Waals surface area contributed by atoms with Gasteiger partial charge in [-0.05, 0) is 0 Å². The number of pyridine rings is 1. The number of rotatable bonds is 3. The first-order valence-electron chi connectivity index (χ1n) is 3.52. The molecule has 1 N–H and O–H groups in total. The third kappa shape index (κ3) is 1.58. The summed E-state index contributed by atoms with van der Waals surface area (Å²) in [5.74, 6) is 0. The smallest absolute Gasteiger partial charge is 0.317 e. The molecule has 0 aliphatic rings. The lowest BCUT2D eigenvalue weighted by Gasteiger charge is -2.01. The van der Waals surface area contributed by atoms with E-state index in [1.807, 2.05) is 0 Å². The SMILES string of the molecule is CNc1c([N+](=O)[O-])cncc1[N+](=O)[O-]. The molecule has 1 heterocycles. The van der Waals surface area contributed by atoms with Gasteiger partial charge in [0.1, 0.15) is 12.4 Å². The molecule has 1 aromatic heterocycles. The maximum absolute atomic E-state index is 10.5. The zero-order valence-corrected chi connectivity index (χ0v) is 7.13. The third-order valence-corrected chi connectivity index (χ3v) is 1.55. The average molecular weight is 198 g/mol. The molecule has 8 heteroatoms. The largest absolute Gasteiger partial charge is 0.377 e. The van der Waals surface area contributed by atoms with Gasteiger partial charge in [0.2, 0.25) is 0 Å². The van der Waals surface area contributed by atoms with Gasteiger partial charge in [-0.25, -0.2) is 0 Å². The molecule has 1 aromatic rings. The van der Waals surface area contributed by atoms with E-state index in [0.717, 1.165) is 12.4 Å². The van der Waals surface area contributed by atoms with E-state index >= 15 is 0 Å². The van der Waals surface area contributed by atoms with E-state index in [9.17, 15) is 20.2 Å². The number of aromatic nitrogens is 1. The molecule has 14 heavy (non-hydrogen) atoms. The van der Waals surface area contributed by atoms with E-state index in [0.29, 0.717) is 0 Å². The van der Waals surface area contributed by atoms with Crippen molar-refractivity contribution < 1.29 is 9.85 Å². The summed E-state index contributed by atoms with van der Waals surface area (Å²) in [5.41, 5.74) is -0.974. The van der Waals surface area contributed by atoms with Crippen LogP contribution in [0.1, 0.15) is 0 Å². The first-order valence-corrected chi connectivity index (χ1v) is 3.52. The Kier molecular flexibility index (Phi) is 2.56. The molecule has 0 radical (unpaired) electrons. The monoisotopic (exact) mass is 198 g/mol. The Hall–Kier alpha value is -2.25. The Morgan fingerprint density at radius 2 is 1.64 bits per heavy atom. The highest BCUT2D eigenvalue weighted by Crippen LogP contribution is 2.31. The summed E-state index contributed by atoms with van der Waals surface area (Å²) in [4.78, 5) is 22.9. The van der Waals surface area contributed by atoms with Crippen molar-refractivity contribution in [3.05, 3.63) is 32.6 Å². The topological polar surface area (TPSA) is 111 Å². The van der Waals surface area contributed by atoms with Crippen LogP contribution in [-0.2, 0) is 0 Å². The van der Waals surface area contributed by atoms with Gasteiger partial charge in [-0.1, -0.05) is 0 Å². The third-order valence-electron chi connectivity index (χ3n) is 1.55. The fraction of sp³-hybridized carbons (Fsp3) is 0.167. The van der Waals surface area contributed by atoms with E-state index in [1.165, 1.54) is 7.05 Å². The van der Waals surface area contributed by atoms with Crippen LogP contribution in [0.15, 0.2) is 12.4 Å². The van der Waals surface area contributed by atoms with E-state index in [4.69, 9.17) is 0 Å². The van der Waals surface area contributed by atoms with Crippen LogP contribution in [0.2, 0.25) is 0 Å². The van der Waals surface area contributed by atoms with E-state index in [-0.39, 0.29) is 5.69 Å². The lowest BCUT2D eigenvalue weighted by atomic mass is 10.3. The van der Waals surface area contributed by atoms with Crippen LogP contribution < -0.4 is 5.32 Å². The standard InChI is InChI=1S/C6H6N4O4/c1-7-6-4(9(11)12)2-8-3-5(6)10(13)14/h2-3H,1H3,(H,7,8). The second kappa shape index (κ2) is 3.64. The highest BCUT2D eigenvalue weighted by Gasteiger charge is 2.24. The minimum absolute atomic E-state index is 0.144. The Morgan fingerprint density at radius 3 is 1.93 bits per heavy atom. The summed E-state index contributed by atoms with van der Waals surface area (Å²) in [7, 11) is 1.37. The molecule has 0 bridgehead atoms. The molecular formula is C6H6N4O4. The van der Waals surface area contributed by atoms with Crippen LogP contribution in [0.3, 0.4) is 0 Å². The molecule has 74 valence electrons. The second-order valence-corrected chi connectivity index (χ2v) is 2.32. The summed E-state index contributed by atoms with van der Waals surface area (Å²) in [5, 5.41) is 23.3. The average Bonchev–Trinajstić information content (AvgIpc) is 2.16. The summed E-state index contributed by atoms with van der Waals surface area (Å²) in [6, 6.07) is 0. The quantitative estimate of drug-likeness (QED) is 0.571. The van der Waals surface area contributed by atoms with Gasteiger partial charge in [0.05, 0.1) is 9.85 Å². The van der Waals surface area contributed by atoms with Crippen molar-refractivity contribution in [2.75, 3.05) is 12.4 Å². The number of nitro groups is 2. The predicted molar refractivity (Wildman–Crippen MR) is 47.1 cm³/mol. The van der Waals surface area contributed by atoms with Crippen molar-refractivity contribution in [2.45, 2.75) is 0 Å². The summed E-state index contributed by atoms with van der Waals surface area (Å²) in [6.07, 6.45) is 1.91. The molecule has 0 aromatic carbocycles. The van der Waals surface area contributed by atoms with Gasteiger partial charge in [-0.15, -0.1) is 0 Å². The predicted octanol–water partition coefficient (Wildman–Crippen LogP) is 0.940. The molecule has 1 rings (SSSR count). The second-order valence-electron chi connectivity index (χ2n) is 2.32. The molecular weight excluding hydrogens is 192 g/mol. The van der Waals surface area contributed by atoms with Crippen molar-refractivity contribution >= 4 is 17.1 Å². The van der Waals surface area contributed by atoms with Gasteiger partial charge in [0, 0.05) is 7.05 Å². The van der Waals surface area contributed by atoms with Gasteiger partial charge in [0.15, 0.2) is 5.69 Å². The molecule has 0 aliphatic carbocycles. The van der Waals surface area contributed by atoms with Crippen LogP contribution in [0.4, 0.5) is 17.1 Å². The van der Waals surface area contributed by atoms with Gasteiger partial charge in [-0.2, -0.15) is 0 Å². The number of nitrogens with one attached hydrogen (secondary N) is 1. The molecule has 0 atom stereocenters. The van der Waals surface area contributed by atoms with Crippen molar-refractivity contribution in [3.63, 3.8) is 0 Å². The zero-order chi connectivity index (χ0) is 10.7. The summed E-state index contributed by atoms with van der Waals surface area (Å²) < 4.78 is 0. The first kappa shape index (κ1) is 9.84. The summed E-state index contributed by atoms with van der Waals surface area (Å²) >= 11 is 0. The Morgan fingerprint density at radius 1 is 1.21 bits per heavy atom. The number of hydrogen-bond acceptors (Lipinski definition) is 6. The fourth-order valence-corrected chi connectivity index (χ4v) is 0.972. The maximum atomic E-state index is 10.5.